The van der Waals surface area contributed by atoms with Gasteiger partial charge in [-0.3, -0.25) is 9.48 Å². The summed E-state index contributed by atoms with van der Waals surface area (Å²) in [5.41, 5.74) is 2.82. The summed E-state index contributed by atoms with van der Waals surface area (Å²) >= 11 is 6.31. The lowest BCUT2D eigenvalue weighted by atomic mass is 9.78. The highest BCUT2D eigenvalue weighted by Gasteiger charge is 2.31. The Kier molecular flexibility index (Phi) is 6.14. The zero-order chi connectivity index (χ0) is 21.3. The molecule has 30 heavy (non-hydrogen) atoms. The van der Waals surface area contributed by atoms with Gasteiger partial charge in [0, 0.05) is 22.0 Å². The van der Waals surface area contributed by atoms with Gasteiger partial charge in [0.05, 0.1) is 5.52 Å². The summed E-state index contributed by atoms with van der Waals surface area (Å²) < 4.78 is 1.89. The zero-order valence-corrected chi connectivity index (χ0v) is 18.7. The molecular formula is C25H30ClN3O. The number of benzene rings is 2. The molecule has 158 valence electrons. The van der Waals surface area contributed by atoms with Crippen molar-refractivity contribution >= 4 is 28.4 Å². The minimum atomic E-state index is -0.351. The number of halogens is 1. The highest BCUT2D eigenvalue weighted by Crippen LogP contribution is 2.33. The molecule has 0 saturated heterocycles. The van der Waals surface area contributed by atoms with Crippen LogP contribution in [-0.2, 0) is 4.79 Å². The van der Waals surface area contributed by atoms with Crippen LogP contribution < -0.4 is 5.32 Å². The molecule has 1 fully saturated rings. The van der Waals surface area contributed by atoms with Crippen molar-refractivity contribution in [3.8, 4) is 11.3 Å². The Morgan fingerprint density at radius 1 is 1.20 bits per heavy atom. The Hall–Kier alpha value is -2.33. The van der Waals surface area contributed by atoms with E-state index in [1.165, 1.54) is 12.8 Å². The minimum absolute atomic E-state index is 0.0578. The highest BCUT2D eigenvalue weighted by molar-refractivity contribution is 6.31. The molecule has 0 unspecified atom stereocenters. The predicted octanol–water partition coefficient (Wildman–Crippen LogP) is 6.25. The lowest BCUT2D eigenvalue weighted by Crippen LogP contribution is -2.46. The van der Waals surface area contributed by atoms with Gasteiger partial charge in [0.25, 0.3) is 0 Å². The van der Waals surface area contributed by atoms with E-state index in [0.29, 0.717) is 23.3 Å². The smallest absolute Gasteiger partial charge is 0.245 e. The third-order valence-electron chi connectivity index (χ3n) is 6.73. The van der Waals surface area contributed by atoms with Crippen LogP contribution in [0.1, 0.15) is 52.5 Å². The third kappa shape index (κ3) is 3.98. The molecule has 0 aliphatic heterocycles. The molecular weight excluding hydrogens is 394 g/mol. The van der Waals surface area contributed by atoms with Crippen molar-refractivity contribution < 1.29 is 4.79 Å². The molecule has 0 radical (unpaired) electrons. The molecule has 4 rings (SSSR count). The maximum Gasteiger partial charge on any atom is 0.245 e. The van der Waals surface area contributed by atoms with Gasteiger partial charge in [-0.15, -0.1) is 0 Å². The van der Waals surface area contributed by atoms with E-state index >= 15 is 0 Å². The van der Waals surface area contributed by atoms with E-state index in [4.69, 9.17) is 16.7 Å². The number of rotatable bonds is 5. The Labute approximate surface area is 183 Å². The molecule has 1 heterocycles. The van der Waals surface area contributed by atoms with Gasteiger partial charge in [0.15, 0.2) is 0 Å². The van der Waals surface area contributed by atoms with Gasteiger partial charge in [-0.05, 0) is 42.9 Å². The fourth-order valence-electron chi connectivity index (χ4n) is 4.69. The van der Waals surface area contributed by atoms with Crippen LogP contribution in [0.15, 0.2) is 48.5 Å². The average molecular weight is 424 g/mol. The van der Waals surface area contributed by atoms with E-state index in [1.54, 1.807) is 0 Å². The maximum atomic E-state index is 13.4. The van der Waals surface area contributed by atoms with Crippen LogP contribution in [0.3, 0.4) is 0 Å². The van der Waals surface area contributed by atoms with Gasteiger partial charge in [-0.25, -0.2) is 0 Å². The first-order chi connectivity index (χ1) is 14.5. The monoisotopic (exact) mass is 423 g/mol. The largest absolute Gasteiger partial charge is 0.351 e. The number of carbonyl (C=O) groups is 1. The van der Waals surface area contributed by atoms with Gasteiger partial charge in [0.2, 0.25) is 5.91 Å². The van der Waals surface area contributed by atoms with Crippen LogP contribution in [0.5, 0.6) is 0 Å². The van der Waals surface area contributed by atoms with Gasteiger partial charge >= 0.3 is 0 Å². The van der Waals surface area contributed by atoms with Crippen molar-refractivity contribution in [2.75, 3.05) is 0 Å². The number of amides is 1. The number of fused-ring (bicyclic) bond motifs is 1. The van der Waals surface area contributed by atoms with E-state index < -0.39 is 0 Å². The van der Waals surface area contributed by atoms with Crippen LogP contribution >= 0.6 is 11.6 Å². The Bertz CT molecular complexity index is 1030. The first kappa shape index (κ1) is 20.9. The molecule has 1 aliphatic rings. The Morgan fingerprint density at radius 2 is 1.97 bits per heavy atom. The van der Waals surface area contributed by atoms with Crippen molar-refractivity contribution in [2.24, 2.45) is 11.8 Å². The molecule has 1 saturated carbocycles. The van der Waals surface area contributed by atoms with E-state index in [1.807, 2.05) is 60.1 Å². The van der Waals surface area contributed by atoms with E-state index in [2.05, 4.69) is 19.2 Å². The maximum absolute atomic E-state index is 13.4. The molecule has 0 spiro atoms. The van der Waals surface area contributed by atoms with Gasteiger partial charge in [-0.2, -0.15) is 5.10 Å². The number of carbonyl (C=O) groups excluding carboxylic acids is 1. The average Bonchev–Trinajstić information content (AvgIpc) is 3.11. The molecule has 1 N–H and O–H groups in total. The predicted molar refractivity (Wildman–Crippen MR) is 124 cm³/mol. The van der Waals surface area contributed by atoms with Crippen molar-refractivity contribution in [1.82, 2.24) is 15.1 Å². The summed E-state index contributed by atoms with van der Waals surface area (Å²) in [5.74, 6) is 1.19. The molecule has 1 aromatic heterocycles. The van der Waals surface area contributed by atoms with Crippen molar-refractivity contribution in [3.63, 3.8) is 0 Å². The van der Waals surface area contributed by atoms with Crippen molar-refractivity contribution in [1.29, 1.82) is 0 Å². The summed E-state index contributed by atoms with van der Waals surface area (Å²) in [5, 5.41) is 9.91. The third-order valence-corrected chi connectivity index (χ3v) is 6.97. The molecule has 5 heteroatoms. The first-order valence-corrected chi connectivity index (χ1v) is 11.4. The quantitative estimate of drug-likeness (QED) is 0.527. The molecule has 4 atom stereocenters. The summed E-state index contributed by atoms with van der Waals surface area (Å²) in [6, 6.07) is 15.7. The Balaban J connectivity index is 1.71. The highest BCUT2D eigenvalue weighted by atomic mass is 35.5. The van der Waals surface area contributed by atoms with Crippen molar-refractivity contribution in [3.05, 3.63) is 53.6 Å². The van der Waals surface area contributed by atoms with Gasteiger partial charge < -0.3 is 5.32 Å². The van der Waals surface area contributed by atoms with Gasteiger partial charge in [-0.1, -0.05) is 75.5 Å². The van der Waals surface area contributed by atoms with Crippen LogP contribution in [0.25, 0.3) is 22.2 Å². The second-order valence-corrected chi connectivity index (χ2v) is 9.06. The van der Waals surface area contributed by atoms with Gasteiger partial charge in [0.1, 0.15) is 11.7 Å². The first-order valence-electron chi connectivity index (χ1n) is 11.0. The summed E-state index contributed by atoms with van der Waals surface area (Å²) in [6.45, 7) is 6.59. The standard InChI is InChI=1S/C25H30ClN3O/c1-4-22(25(30)27-21-12-8-9-16(2)17(21)3)29-23-14-13-19(26)15-20(23)24(28-29)18-10-6-5-7-11-18/h5-7,10-11,13-17,21-22H,4,8-9,12H2,1-3H3,(H,27,30)/t16-,17-,21-,22-/m1/s1. The summed E-state index contributed by atoms with van der Waals surface area (Å²) in [6.07, 6.45) is 4.15. The normalized spacial score (nSPS) is 22.7. The molecule has 3 aromatic rings. The Morgan fingerprint density at radius 3 is 2.70 bits per heavy atom. The van der Waals surface area contributed by atoms with Crippen LogP contribution in [0.2, 0.25) is 5.02 Å². The molecule has 4 nitrogen and oxygen atoms in total. The second-order valence-electron chi connectivity index (χ2n) is 8.63. The molecule has 1 amide bonds. The van der Waals surface area contributed by atoms with E-state index in [-0.39, 0.29) is 18.0 Å². The van der Waals surface area contributed by atoms with Crippen molar-refractivity contribution in [2.45, 2.75) is 58.5 Å². The topological polar surface area (TPSA) is 46.9 Å². The van der Waals surface area contributed by atoms with Crippen LogP contribution in [-0.4, -0.2) is 21.7 Å². The van der Waals surface area contributed by atoms with E-state index in [9.17, 15) is 4.79 Å². The van der Waals surface area contributed by atoms with Crippen LogP contribution in [0, 0.1) is 11.8 Å². The number of hydrogen-bond acceptors (Lipinski definition) is 2. The fraction of sp³-hybridized carbons (Fsp3) is 0.440. The summed E-state index contributed by atoms with van der Waals surface area (Å²) in [7, 11) is 0. The lowest BCUT2D eigenvalue weighted by Gasteiger charge is -2.35. The SMILES string of the molecule is CC[C@H](C(=O)N[C@@H]1CCC[C@@H](C)[C@H]1C)n1nc(-c2ccccc2)c2cc(Cl)ccc21. The number of nitrogens with one attached hydrogen (secondary N) is 1. The number of nitrogens with zero attached hydrogens (tertiary/aromatic N) is 2. The lowest BCUT2D eigenvalue weighted by molar-refractivity contribution is -0.126. The fourth-order valence-corrected chi connectivity index (χ4v) is 4.87. The summed E-state index contributed by atoms with van der Waals surface area (Å²) in [4.78, 5) is 13.4. The number of hydrogen-bond donors (Lipinski definition) is 1. The second kappa shape index (κ2) is 8.81. The molecule has 2 aromatic carbocycles. The van der Waals surface area contributed by atoms with E-state index in [0.717, 1.165) is 28.6 Å². The minimum Gasteiger partial charge on any atom is -0.351 e. The van der Waals surface area contributed by atoms with Crippen LogP contribution in [0.4, 0.5) is 0 Å². The number of aromatic nitrogens is 2. The molecule has 1 aliphatic carbocycles. The molecule has 0 bridgehead atoms. The zero-order valence-electron chi connectivity index (χ0n) is 17.9.